The van der Waals surface area contributed by atoms with E-state index in [1.54, 1.807) is 24.3 Å². The molecular formula is C21H25N3O3. The fraction of sp³-hybridized carbons (Fsp3) is 0.524. The van der Waals surface area contributed by atoms with Gasteiger partial charge in [0.1, 0.15) is 6.54 Å². The molecule has 142 valence electrons. The molecule has 2 saturated carbocycles. The molecule has 27 heavy (non-hydrogen) atoms. The van der Waals surface area contributed by atoms with Crippen molar-refractivity contribution in [3.8, 4) is 0 Å². The fourth-order valence-electron chi connectivity index (χ4n) is 4.97. The number of carbonyl (C=O) groups is 3. The van der Waals surface area contributed by atoms with Crippen LogP contribution in [0.5, 0.6) is 0 Å². The number of hydrogen-bond donors (Lipinski definition) is 1. The van der Waals surface area contributed by atoms with E-state index >= 15 is 0 Å². The van der Waals surface area contributed by atoms with Crippen LogP contribution in [0.3, 0.4) is 0 Å². The van der Waals surface area contributed by atoms with Gasteiger partial charge >= 0.3 is 0 Å². The van der Waals surface area contributed by atoms with E-state index in [-0.39, 0.29) is 29.7 Å². The summed E-state index contributed by atoms with van der Waals surface area (Å²) in [5.74, 6) is -0.611. The van der Waals surface area contributed by atoms with Crippen LogP contribution in [0.25, 0.3) is 0 Å². The Bertz CT molecular complexity index is 873. The number of fused-ring (bicyclic) bond motifs is 3. The number of benzene rings is 1. The Kier molecular flexibility index (Phi) is 3.98. The number of nitrogens with one attached hydrogen (secondary N) is 1. The molecule has 3 aliphatic rings. The molecule has 1 aromatic carbocycles. The van der Waals surface area contributed by atoms with Crippen molar-refractivity contribution in [2.75, 3.05) is 6.54 Å². The van der Waals surface area contributed by atoms with Gasteiger partial charge in [0, 0.05) is 16.7 Å². The zero-order valence-electron chi connectivity index (χ0n) is 16.0. The summed E-state index contributed by atoms with van der Waals surface area (Å²) in [6.07, 6.45) is 3.32. The molecule has 2 bridgehead atoms. The van der Waals surface area contributed by atoms with Gasteiger partial charge in [0.05, 0.1) is 6.42 Å². The van der Waals surface area contributed by atoms with Gasteiger partial charge < -0.3 is 0 Å². The molecule has 1 aliphatic heterocycles. The molecule has 0 spiro atoms. The minimum absolute atomic E-state index is 0.000645. The van der Waals surface area contributed by atoms with E-state index in [0.717, 1.165) is 23.5 Å². The van der Waals surface area contributed by atoms with Gasteiger partial charge in [-0.25, -0.2) is 5.43 Å². The van der Waals surface area contributed by atoms with Crippen molar-refractivity contribution in [3.63, 3.8) is 0 Å². The Labute approximate surface area is 159 Å². The van der Waals surface area contributed by atoms with Crippen LogP contribution in [0.15, 0.2) is 29.4 Å². The van der Waals surface area contributed by atoms with Crippen LogP contribution in [0.4, 0.5) is 0 Å². The van der Waals surface area contributed by atoms with Crippen LogP contribution in [0.1, 0.15) is 56.0 Å². The average molecular weight is 367 g/mol. The lowest BCUT2D eigenvalue weighted by molar-refractivity contribution is -0.133. The van der Waals surface area contributed by atoms with Crippen LogP contribution in [-0.4, -0.2) is 34.9 Å². The maximum Gasteiger partial charge on any atom is 0.261 e. The van der Waals surface area contributed by atoms with Crippen LogP contribution in [0.2, 0.25) is 0 Å². The Morgan fingerprint density at radius 3 is 2.67 bits per heavy atom. The zero-order chi connectivity index (χ0) is 19.4. The van der Waals surface area contributed by atoms with Crippen molar-refractivity contribution in [1.82, 2.24) is 10.3 Å². The highest BCUT2D eigenvalue weighted by Crippen LogP contribution is 2.63. The molecular weight excluding hydrogens is 342 g/mol. The van der Waals surface area contributed by atoms with Crippen molar-refractivity contribution in [3.05, 3.63) is 35.4 Å². The first kappa shape index (κ1) is 17.9. The standard InChI is InChI=1S/C21H25N3O3/c1-20(2)14-8-9-21(20,3)16(11-14)22-23-17(25)12-24-18(26)10-13-6-4-5-7-15(13)19(24)27/h4-7,14H,8-12H2,1-3H3,(H,23,25)/b22-16+/t14-,21+/m0/s1. The average Bonchev–Trinajstić information content (AvgIpc) is 2.96. The molecule has 4 rings (SSSR count). The van der Waals surface area contributed by atoms with Gasteiger partial charge in [-0.2, -0.15) is 5.10 Å². The third kappa shape index (κ3) is 2.61. The zero-order valence-corrected chi connectivity index (χ0v) is 16.0. The van der Waals surface area contributed by atoms with Crippen molar-refractivity contribution in [2.45, 2.75) is 46.5 Å². The predicted molar refractivity (Wildman–Crippen MR) is 101 cm³/mol. The van der Waals surface area contributed by atoms with Gasteiger partial charge in [0.15, 0.2) is 0 Å². The Hall–Kier alpha value is -2.50. The second-order valence-corrected chi connectivity index (χ2v) is 8.71. The second kappa shape index (κ2) is 6.01. The Morgan fingerprint density at radius 1 is 1.26 bits per heavy atom. The maximum absolute atomic E-state index is 12.6. The van der Waals surface area contributed by atoms with E-state index in [0.29, 0.717) is 17.0 Å². The van der Waals surface area contributed by atoms with E-state index in [1.807, 2.05) is 0 Å². The summed E-state index contributed by atoms with van der Waals surface area (Å²) in [5, 5.41) is 4.40. The monoisotopic (exact) mass is 367 g/mol. The smallest absolute Gasteiger partial charge is 0.261 e. The Balaban J connectivity index is 1.45. The summed E-state index contributed by atoms with van der Waals surface area (Å²) in [6.45, 7) is 6.47. The maximum atomic E-state index is 12.6. The first-order valence-electron chi connectivity index (χ1n) is 9.52. The third-order valence-corrected chi connectivity index (χ3v) is 7.27. The topological polar surface area (TPSA) is 78.8 Å². The SMILES string of the molecule is CC1(C)[C@H]2CC[C@]1(C)/C(=N/NC(=O)CN1C(=O)Cc3ccccc3C1=O)C2. The summed E-state index contributed by atoms with van der Waals surface area (Å²) in [4.78, 5) is 38.2. The van der Waals surface area contributed by atoms with Gasteiger partial charge in [-0.15, -0.1) is 0 Å². The highest BCUT2D eigenvalue weighted by molar-refractivity contribution is 6.11. The van der Waals surface area contributed by atoms with E-state index in [2.05, 4.69) is 31.3 Å². The predicted octanol–water partition coefficient (Wildman–Crippen LogP) is 2.53. The summed E-state index contributed by atoms with van der Waals surface area (Å²) in [5.41, 5.74) is 4.99. The van der Waals surface area contributed by atoms with Gasteiger partial charge in [-0.1, -0.05) is 39.0 Å². The lowest BCUT2D eigenvalue weighted by Gasteiger charge is -2.34. The molecule has 1 aromatic rings. The van der Waals surface area contributed by atoms with Crippen LogP contribution in [-0.2, 0) is 16.0 Å². The van der Waals surface area contributed by atoms with Gasteiger partial charge in [0.25, 0.3) is 11.8 Å². The van der Waals surface area contributed by atoms with Crippen molar-refractivity contribution >= 4 is 23.4 Å². The normalized spacial score (nSPS) is 30.0. The molecule has 6 nitrogen and oxygen atoms in total. The van der Waals surface area contributed by atoms with E-state index in [4.69, 9.17) is 0 Å². The quantitative estimate of drug-likeness (QED) is 0.659. The largest absolute Gasteiger partial charge is 0.274 e. The van der Waals surface area contributed by atoms with Crippen molar-refractivity contribution in [1.29, 1.82) is 0 Å². The summed E-state index contributed by atoms with van der Waals surface area (Å²) >= 11 is 0. The number of hydrogen-bond acceptors (Lipinski definition) is 4. The molecule has 0 saturated heterocycles. The van der Waals surface area contributed by atoms with E-state index < -0.39 is 11.8 Å². The number of amides is 3. The number of imide groups is 1. The summed E-state index contributed by atoms with van der Waals surface area (Å²) in [7, 11) is 0. The van der Waals surface area contributed by atoms with Crippen molar-refractivity contribution < 1.29 is 14.4 Å². The van der Waals surface area contributed by atoms with Gasteiger partial charge in [-0.05, 0) is 42.2 Å². The fourth-order valence-corrected chi connectivity index (χ4v) is 4.97. The molecule has 0 unspecified atom stereocenters. The van der Waals surface area contributed by atoms with Gasteiger partial charge in [0.2, 0.25) is 5.91 Å². The van der Waals surface area contributed by atoms with E-state index in [9.17, 15) is 14.4 Å². The highest BCUT2D eigenvalue weighted by atomic mass is 16.2. The molecule has 3 amide bonds. The number of carbonyl (C=O) groups excluding carboxylic acids is 3. The van der Waals surface area contributed by atoms with Gasteiger partial charge in [-0.3, -0.25) is 19.3 Å². The molecule has 1 heterocycles. The highest BCUT2D eigenvalue weighted by Gasteiger charge is 2.60. The third-order valence-electron chi connectivity index (χ3n) is 7.27. The van der Waals surface area contributed by atoms with Crippen LogP contribution in [0, 0.1) is 16.7 Å². The lowest BCUT2D eigenvalue weighted by atomic mass is 9.70. The molecule has 0 radical (unpaired) electrons. The molecule has 2 atom stereocenters. The molecule has 2 aliphatic carbocycles. The first-order valence-corrected chi connectivity index (χ1v) is 9.52. The lowest BCUT2D eigenvalue weighted by Crippen LogP contribution is -2.47. The Morgan fingerprint density at radius 2 is 2.00 bits per heavy atom. The number of rotatable bonds is 3. The molecule has 6 heteroatoms. The van der Waals surface area contributed by atoms with Crippen LogP contribution >= 0.6 is 0 Å². The van der Waals surface area contributed by atoms with Crippen molar-refractivity contribution in [2.24, 2.45) is 21.8 Å². The minimum atomic E-state index is -0.437. The first-order chi connectivity index (χ1) is 12.7. The summed E-state index contributed by atoms with van der Waals surface area (Å²) in [6, 6.07) is 7.02. The molecule has 1 N–H and O–H groups in total. The summed E-state index contributed by atoms with van der Waals surface area (Å²) < 4.78 is 0. The van der Waals surface area contributed by atoms with Crippen LogP contribution < -0.4 is 5.43 Å². The molecule has 0 aromatic heterocycles. The number of hydrazone groups is 1. The van der Waals surface area contributed by atoms with E-state index in [1.165, 1.54) is 6.42 Å². The minimum Gasteiger partial charge on any atom is -0.274 e. The number of nitrogens with zero attached hydrogens (tertiary/aromatic N) is 2. The molecule has 2 fully saturated rings. The second-order valence-electron chi connectivity index (χ2n) is 8.71.